The van der Waals surface area contributed by atoms with Gasteiger partial charge in [-0.15, -0.1) is 0 Å². The summed E-state index contributed by atoms with van der Waals surface area (Å²) in [5, 5.41) is 4.03. The van der Waals surface area contributed by atoms with Gasteiger partial charge in [-0.1, -0.05) is 29.8 Å². The number of nitrogens with one attached hydrogen (secondary N) is 1. The molecule has 0 radical (unpaired) electrons. The molecule has 31 heavy (non-hydrogen) atoms. The lowest BCUT2D eigenvalue weighted by molar-refractivity contribution is -0.137. The standard InChI is InChI=1S/C22H19F3IN3O2/c1-14-3-5-15(6-4-14)13-31-21-18(26)9-16(10-19(21)30-2)11-28-29-20-8-7-17(12-27-20)22(23,24)25/h3-12H,13H2,1-2H3,(H,27,29)/b28-11-. The monoisotopic (exact) mass is 541 g/mol. The summed E-state index contributed by atoms with van der Waals surface area (Å²) < 4.78 is 50.0. The highest BCUT2D eigenvalue weighted by Gasteiger charge is 2.30. The molecule has 0 saturated carbocycles. The normalized spacial score (nSPS) is 11.5. The van der Waals surface area contributed by atoms with Crippen molar-refractivity contribution in [1.29, 1.82) is 0 Å². The van der Waals surface area contributed by atoms with Gasteiger partial charge in [-0.2, -0.15) is 18.3 Å². The van der Waals surface area contributed by atoms with Crippen molar-refractivity contribution >= 4 is 34.6 Å². The van der Waals surface area contributed by atoms with Crippen LogP contribution in [0.1, 0.15) is 22.3 Å². The van der Waals surface area contributed by atoms with Crippen LogP contribution >= 0.6 is 22.6 Å². The number of hydrogen-bond acceptors (Lipinski definition) is 5. The number of hydrazone groups is 1. The predicted octanol–water partition coefficient (Wildman–Crippen LogP) is 6.05. The van der Waals surface area contributed by atoms with Gasteiger partial charge in [0, 0.05) is 6.20 Å². The molecule has 0 aliphatic carbocycles. The van der Waals surface area contributed by atoms with Crippen LogP contribution in [-0.4, -0.2) is 18.3 Å². The lowest BCUT2D eigenvalue weighted by atomic mass is 10.2. The topological polar surface area (TPSA) is 55.7 Å². The summed E-state index contributed by atoms with van der Waals surface area (Å²) in [6.45, 7) is 2.43. The molecule has 1 heterocycles. The molecule has 1 aromatic heterocycles. The lowest BCUT2D eigenvalue weighted by Gasteiger charge is -2.13. The third-order valence-corrected chi connectivity index (χ3v) is 5.04. The molecule has 162 valence electrons. The first-order valence-electron chi connectivity index (χ1n) is 9.14. The molecule has 0 atom stereocenters. The molecule has 0 unspecified atom stereocenters. The number of aromatic nitrogens is 1. The van der Waals surface area contributed by atoms with Crippen molar-refractivity contribution in [2.45, 2.75) is 19.7 Å². The van der Waals surface area contributed by atoms with Gasteiger partial charge in [0.1, 0.15) is 12.4 Å². The molecule has 3 rings (SSSR count). The number of hydrogen-bond donors (Lipinski definition) is 1. The summed E-state index contributed by atoms with van der Waals surface area (Å²) in [5.74, 6) is 1.37. The van der Waals surface area contributed by atoms with E-state index in [1.165, 1.54) is 17.8 Å². The third kappa shape index (κ3) is 6.33. The van der Waals surface area contributed by atoms with Gasteiger partial charge in [0.25, 0.3) is 0 Å². The minimum Gasteiger partial charge on any atom is -0.493 e. The first kappa shape index (κ1) is 22.9. The Balaban J connectivity index is 1.68. The van der Waals surface area contributed by atoms with Crippen LogP contribution in [0.2, 0.25) is 0 Å². The highest BCUT2D eigenvalue weighted by Crippen LogP contribution is 2.34. The van der Waals surface area contributed by atoms with E-state index in [2.05, 4.69) is 38.1 Å². The van der Waals surface area contributed by atoms with E-state index in [1.54, 1.807) is 13.2 Å². The third-order valence-electron chi connectivity index (χ3n) is 4.24. The first-order chi connectivity index (χ1) is 14.8. The summed E-state index contributed by atoms with van der Waals surface area (Å²) in [7, 11) is 1.55. The zero-order chi connectivity index (χ0) is 22.4. The van der Waals surface area contributed by atoms with Crippen LogP contribution in [0.3, 0.4) is 0 Å². The number of rotatable bonds is 7. The zero-order valence-electron chi connectivity index (χ0n) is 16.7. The molecule has 3 aromatic rings. The van der Waals surface area contributed by atoms with Crippen LogP contribution < -0.4 is 14.9 Å². The molecule has 0 spiro atoms. The Hall–Kier alpha value is -2.82. The summed E-state index contributed by atoms with van der Waals surface area (Å²) in [6.07, 6.45) is -2.15. The zero-order valence-corrected chi connectivity index (χ0v) is 18.9. The van der Waals surface area contributed by atoms with Gasteiger partial charge < -0.3 is 9.47 Å². The van der Waals surface area contributed by atoms with Gasteiger partial charge in [-0.05, 0) is 64.9 Å². The smallest absolute Gasteiger partial charge is 0.417 e. The lowest BCUT2D eigenvalue weighted by Crippen LogP contribution is -2.05. The second kappa shape index (κ2) is 9.99. The molecule has 0 amide bonds. The maximum absolute atomic E-state index is 12.6. The quantitative estimate of drug-likeness (QED) is 0.225. The van der Waals surface area contributed by atoms with E-state index in [-0.39, 0.29) is 5.82 Å². The molecular weight excluding hydrogens is 522 g/mol. The average molecular weight is 541 g/mol. The van der Waals surface area contributed by atoms with E-state index in [0.717, 1.165) is 27.0 Å². The second-order valence-corrected chi connectivity index (χ2v) is 7.77. The van der Waals surface area contributed by atoms with Crippen molar-refractivity contribution in [1.82, 2.24) is 4.98 Å². The maximum Gasteiger partial charge on any atom is 0.417 e. The first-order valence-corrected chi connectivity index (χ1v) is 10.2. The summed E-state index contributed by atoms with van der Waals surface area (Å²) >= 11 is 2.15. The fourth-order valence-electron chi connectivity index (χ4n) is 2.59. The van der Waals surface area contributed by atoms with E-state index < -0.39 is 11.7 Å². The van der Waals surface area contributed by atoms with Gasteiger partial charge in [0.05, 0.1) is 22.5 Å². The van der Waals surface area contributed by atoms with Crippen LogP contribution in [0.5, 0.6) is 11.5 Å². The van der Waals surface area contributed by atoms with Crippen LogP contribution in [0.4, 0.5) is 19.0 Å². The van der Waals surface area contributed by atoms with Crippen molar-refractivity contribution in [2.24, 2.45) is 5.10 Å². The number of pyridine rings is 1. The number of nitrogens with zero attached hydrogens (tertiary/aromatic N) is 2. The number of methoxy groups -OCH3 is 1. The van der Waals surface area contributed by atoms with Crippen LogP contribution in [0, 0.1) is 10.5 Å². The van der Waals surface area contributed by atoms with E-state index in [4.69, 9.17) is 9.47 Å². The minimum atomic E-state index is -4.43. The Bertz CT molecular complexity index is 1050. The largest absolute Gasteiger partial charge is 0.493 e. The highest BCUT2D eigenvalue weighted by atomic mass is 127. The summed E-state index contributed by atoms with van der Waals surface area (Å²) in [5.41, 5.74) is 4.74. The summed E-state index contributed by atoms with van der Waals surface area (Å²) in [4.78, 5) is 3.71. The van der Waals surface area contributed by atoms with Crippen molar-refractivity contribution < 1.29 is 22.6 Å². The van der Waals surface area contributed by atoms with Gasteiger partial charge in [-0.25, -0.2) is 4.98 Å². The number of benzene rings is 2. The van der Waals surface area contributed by atoms with Crippen molar-refractivity contribution in [3.63, 3.8) is 0 Å². The number of ether oxygens (including phenoxy) is 2. The molecule has 2 aromatic carbocycles. The molecule has 1 N–H and O–H groups in total. The fourth-order valence-corrected chi connectivity index (χ4v) is 3.38. The second-order valence-electron chi connectivity index (χ2n) is 6.61. The molecular formula is C22H19F3IN3O2. The molecule has 5 nitrogen and oxygen atoms in total. The Morgan fingerprint density at radius 3 is 2.48 bits per heavy atom. The number of anilines is 1. The van der Waals surface area contributed by atoms with E-state index in [1.807, 2.05) is 37.3 Å². The SMILES string of the molecule is COc1cc(/C=N\Nc2ccc(C(F)(F)F)cn2)cc(I)c1OCc1ccc(C)cc1. The Kier molecular flexibility index (Phi) is 7.37. The molecule has 0 aliphatic rings. The molecule has 0 aliphatic heterocycles. The Labute approximate surface area is 191 Å². The Morgan fingerprint density at radius 2 is 1.87 bits per heavy atom. The fraction of sp³-hybridized carbons (Fsp3) is 0.182. The van der Waals surface area contributed by atoms with Gasteiger partial charge in [0.2, 0.25) is 0 Å². The number of aryl methyl sites for hydroxylation is 1. The van der Waals surface area contributed by atoms with Gasteiger partial charge >= 0.3 is 6.18 Å². The van der Waals surface area contributed by atoms with E-state index >= 15 is 0 Å². The van der Waals surface area contributed by atoms with Crippen molar-refractivity contribution in [3.8, 4) is 11.5 Å². The maximum atomic E-state index is 12.6. The average Bonchev–Trinajstić information content (AvgIpc) is 2.73. The molecule has 0 saturated heterocycles. The van der Waals surface area contributed by atoms with Gasteiger partial charge in [0.15, 0.2) is 11.5 Å². The summed E-state index contributed by atoms with van der Waals surface area (Å²) in [6, 6.07) is 13.9. The van der Waals surface area contributed by atoms with Crippen LogP contribution in [0.25, 0.3) is 0 Å². The minimum absolute atomic E-state index is 0.198. The van der Waals surface area contributed by atoms with Crippen LogP contribution in [-0.2, 0) is 12.8 Å². The predicted molar refractivity (Wildman–Crippen MR) is 122 cm³/mol. The number of halogens is 4. The Morgan fingerprint density at radius 1 is 1.13 bits per heavy atom. The van der Waals surface area contributed by atoms with Crippen molar-refractivity contribution in [3.05, 3.63) is 80.6 Å². The highest BCUT2D eigenvalue weighted by molar-refractivity contribution is 14.1. The van der Waals surface area contributed by atoms with E-state index in [9.17, 15) is 13.2 Å². The van der Waals surface area contributed by atoms with Crippen LogP contribution in [0.15, 0.2) is 59.8 Å². The van der Waals surface area contributed by atoms with Gasteiger partial charge in [-0.3, -0.25) is 5.43 Å². The van der Waals surface area contributed by atoms with Crippen molar-refractivity contribution in [2.75, 3.05) is 12.5 Å². The molecule has 0 bridgehead atoms. The number of alkyl halides is 3. The van der Waals surface area contributed by atoms with E-state index in [0.29, 0.717) is 18.1 Å². The molecule has 9 heteroatoms. The molecule has 0 fully saturated rings.